The normalized spacial score (nSPS) is 14.6. The summed E-state index contributed by atoms with van der Waals surface area (Å²) in [6.07, 6.45) is 2.24. The Hall–Kier alpha value is -3.54. The first kappa shape index (κ1) is 24.1. The van der Waals surface area contributed by atoms with E-state index in [4.69, 9.17) is 19.7 Å². The van der Waals surface area contributed by atoms with E-state index in [-0.39, 0.29) is 18.4 Å². The number of piperidine rings is 1. The van der Waals surface area contributed by atoms with Crippen LogP contribution in [-0.4, -0.2) is 74.4 Å². The van der Waals surface area contributed by atoms with Gasteiger partial charge in [-0.2, -0.15) is 18.3 Å². The maximum Gasteiger partial charge on any atom is 0.490 e. The van der Waals surface area contributed by atoms with Crippen molar-refractivity contribution in [2.45, 2.75) is 24.9 Å². The van der Waals surface area contributed by atoms with Crippen molar-refractivity contribution in [1.29, 1.82) is 0 Å². The fraction of sp³-hybridized carbons (Fsp3) is 0.381. The minimum Gasteiger partial charge on any atom is -0.475 e. The molecule has 9 nitrogen and oxygen atoms in total. The molecule has 0 saturated carbocycles. The summed E-state index contributed by atoms with van der Waals surface area (Å²) >= 11 is 0. The molecule has 12 heteroatoms. The summed E-state index contributed by atoms with van der Waals surface area (Å²) in [5.74, 6) is -1.56. The van der Waals surface area contributed by atoms with Gasteiger partial charge in [0, 0.05) is 50.3 Å². The number of aromatic nitrogens is 4. The van der Waals surface area contributed by atoms with Gasteiger partial charge in [0.25, 0.3) is 0 Å². The third-order valence-corrected chi connectivity index (χ3v) is 5.08. The predicted molar refractivity (Wildman–Crippen MR) is 110 cm³/mol. The number of carbonyl (C=O) groups is 2. The van der Waals surface area contributed by atoms with Gasteiger partial charge in [0.1, 0.15) is 6.61 Å². The first-order chi connectivity index (χ1) is 15.7. The fourth-order valence-corrected chi connectivity index (χ4v) is 3.39. The lowest BCUT2D eigenvalue weighted by Gasteiger charge is -2.30. The van der Waals surface area contributed by atoms with Gasteiger partial charge in [-0.15, -0.1) is 0 Å². The lowest BCUT2D eigenvalue weighted by molar-refractivity contribution is -0.192. The number of ether oxygens (including phenoxy) is 1. The number of alkyl halides is 3. The Bertz CT molecular complexity index is 1100. The molecule has 0 aliphatic carbocycles. The van der Waals surface area contributed by atoms with E-state index in [9.17, 15) is 18.0 Å². The zero-order chi connectivity index (χ0) is 24.0. The molecule has 4 rings (SSSR count). The number of pyridine rings is 2. The summed E-state index contributed by atoms with van der Waals surface area (Å²) < 4.78 is 38.5. The van der Waals surface area contributed by atoms with E-state index in [1.54, 1.807) is 19.5 Å². The molecule has 0 spiro atoms. The third kappa shape index (κ3) is 6.25. The largest absolute Gasteiger partial charge is 0.490 e. The highest BCUT2D eigenvalue weighted by Gasteiger charge is 2.38. The smallest absolute Gasteiger partial charge is 0.475 e. The van der Waals surface area contributed by atoms with E-state index < -0.39 is 12.1 Å². The monoisotopic (exact) mass is 465 g/mol. The molecule has 0 unspecified atom stereocenters. The molecule has 3 aromatic rings. The van der Waals surface area contributed by atoms with E-state index in [0.717, 1.165) is 48.5 Å². The Kier molecular flexibility index (Phi) is 7.59. The van der Waals surface area contributed by atoms with Gasteiger partial charge in [-0.1, -0.05) is 0 Å². The maximum atomic E-state index is 11.9. The van der Waals surface area contributed by atoms with Gasteiger partial charge in [-0.3, -0.25) is 9.78 Å². The van der Waals surface area contributed by atoms with Crippen molar-refractivity contribution in [2.24, 2.45) is 0 Å². The number of hydrogen-bond donors (Lipinski definition) is 1. The Labute approximate surface area is 186 Å². The Morgan fingerprint density at radius 2 is 1.76 bits per heavy atom. The molecular formula is C21H22F3N5O4. The zero-order valence-electron chi connectivity index (χ0n) is 17.7. The van der Waals surface area contributed by atoms with Crippen LogP contribution in [0.1, 0.15) is 24.6 Å². The number of halogens is 3. The molecular weight excluding hydrogens is 443 g/mol. The standard InChI is InChI=1S/C19H21N5O2.C2HF3O2/c1-26-13-18(25)23-10-6-15(7-11-23)19-21-17-3-2-16(12-24(17)22-19)14-4-8-20-9-5-14;3-2(4,5)1(6)7/h2-5,8-9,12,15H,6-7,10-11,13H2,1H3;(H,6,7). The van der Waals surface area contributed by atoms with Gasteiger partial charge in [-0.25, -0.2) is 14.3 Å². The lowest BCUT2D eigenvalue weighted by Crippen LogP contribution is -2.39. The summed E-state index contributed by atoms with van der Waals surface area (Å²) in [6, 6.07) is 8.00. The first-order valence-corrected chi connectivity index (χ1v) is 10.0. The van der Waals surface area contributed by atoms with Gasteiger partial charge in [0.15, 0.2) is 11.5 Å². The molecule has 0 radical (unpaired) electrons. The predicted octanol–water partition coefficient (Wildman–Crippen LogP) is 2.78. The van der Waals surface area contributed by atoms with Crippen LogP contribution < -0.4 is 0 Å². The van der Waals surface area contributed by atoms with Crippen molar-refractivity contribution < 1.29 is 32.6 Å². The van der Waals surface area contributed by atoms with Crippen molar-refractivity contribution in [3.05, 3.63) is 48.7 Å². The Morgan fingerprint density at radius 3 is 2.33 bits per heavy atom. The van der Waals surface area contributed by atoms with E-state index in [1.807, 2.05) is 33.8 Å². The zero-order valence-corrected chi connectivity index (χ0v) is 17.7. The van der Waals surface area contributed by atoms with E-state index in [0.29, 0.717) is 0 Å². The minimum atomic E-state index is -5.08. The number of rotatable bonds is 4. The van der Waals surface area contributed by atoms with Crippen molar-refractivity contribution in [3.63, 3.8) is 0 Å². The average Bonchev–Trinajstić information content (AvgIpc) is 3.23. The molecule has 1 fully saturated rings. The van der Waals surface area contributed by atoms with Crippen molar-refractivity contribution in [2.75, 3.05) is 26.8 Å². The van der Waals surface area contributed by atoms with Gasteiger partial charge >= 0.3 is 12.1 Å². The molecule has 1 aliphatic rings. The van der Waals surface area contributed by atoms with Crippen LogP contribution in [0.25, 0.3) is 16.8 Å². The van der Waals surface area contributed by atoms with E-state index in [2.05, 4.69) is 16.0 Å². The van der Waals surface area contributed by atoms with E-state index in [1.165, 1.54) is 0 Å². The summed E-state index contributed by atoms with van der Waals surface area (Å²) in [7, 11) is 1.55. The number of nitrogens with zero attached hydrogens (tertiary/aromatic N) is 5. The van der Waals surface area contributed by atoms with Gasteiger partial charge in [0.05, 0.1) is 0 Å². The van der Waals surface area contributed by atoms with Crippen LogP contribution in [0.4, 0.5) is 13.2 Å². The first-order valence-electron chi connectivity index (χ1n) is 10.0. The molecule has 176 valence electrons. The Balaban J connectivity index is 0.000000383. The van der Waals surface area contributed by atoms with Gasteiger partial charge in [0.2, 0.25) is 5.91 Å². The molecule has 0 bridgehead atoms. The molecule has 1 aliphatic heterocycles. The second-order valence-corrected chi connectivity index (χ2v) is 7.32. The van der Waals surface area contributed by atoms with Crippen LogP contribution >= 0.6 is 0 Å². The highest BCUT2D eigenvalue weighted by molar-refractivity contribution is 5.77. The fourth-order valence-electron chi connectivity index (χ4n) is 3.39. The molecule has 0 atom stereocenters. The number of aliphatic carboxylic acids is 1. The van der Waals surface area contributed by atoms with Gasteiger partial charge in [-0.05, 0) is 42.7 Å². The Morgan fingerprint density at radius 1 is 1.12 bits per heavy atom. The molecule has 1 amide bonds. The molecule has 1 N–H and O–H groups in total. The van der Waals surface area contributed by atoms with Crippen LogP contribution in [0.3, 0.4) is 0 Å². The highest BCUT2D eigenvalue weighted by atomic mass is 19.4. The highest BCUT2D eigenvalue weighted by Crippen LogP contribution is 2.27. The molecule has 3 aromatic heterocycles. The number of carbonyl (C=O) groups excluding carboxylic acids is 1. The van der Waals surface area contributed by atoms with E-state index >= 15 is 0 Å². The third-order valence-electron chi connectivity index (χ3n) is 5.08. The van der Waals surface area contributed by atoms with Crippen LogP contribution in [0, 0.1) is 0 Å². The van der Waals surface area contributed by atoms with Gasteiger partial charge < -0.3 is 14.7 Å². The number of carboxylic acids is 1. The summed E-state index contributed by atoms with van der Waals surface area (Å²) in [5.41, 5.74) is 3.02. The lowest BCUT2D eigenvalue weighted by atomic mass is 9.96. The van der Waals surface area contributed by atoms with Crippen LogP contribution in [0.2, 0.25) is 0 Å². The summed E-state index contributed by atoms with van der Waals surface area (Å²) in [5, 5.41) is 11.8. The second-order valence-electron chi connectivity index (χ2n) is 7.32. The summed E-state index contributed by atoms with van der Waals surface area (Å²) in [4.78, 5) is 31.4. The molecule has 1 saturated heterocycles. The minimum absolute atomic E-state index is 0.0518. The number of methoxy groups -OCH3 is 1. The topological polar surface area (TPSA) is 110 Å². The second kappa shape index (κ2) is 10.4. The molecule has 33 heavy (non-hydrogen) atoms. The van der Waals surface area contributed by atoms with Crippen molar-refractivity contribution in [3.8, 4) is 11.1 Å². The number of fused-ring (bicyclic) bond motifs is 1. The van der Waals surface area contributed by atoms with Crippen LogP contribution in [0.5, 0.6) is 0 Å². The quantitative estimate of drug-likeness (QED) is 0.631. The average molecular weight is 465 g/mol. The number of amides is 1. The van der Waals surface area contributed by atoms with Crippen molar-refractivity contribution >= 4 is 17.5 Å². The van der Waals surface area contributed by atoms with Crippen LogP contribution in [-0.2, 0) is 14.3 Å². The number of hydrogen-bond acceptors (Lipinski definition) is 6. The molecule has 0 aromatic carbocycles. The van der Waals surface area contributed by atoms with Crippen LogP contribution in [0.15, 0.2) is 42.9 Å². The summed E-state index contributed by atoms with van der Waals surface area (Å²) in [6.45, 7) is 1.60. The SMILES string of the molecule is COCC(=O)N1CCC(c2nc3ccc(-c4ccncc4)cn3n2)CC1.O=C(O)C(F)(F)F. The number of likely N-dealkylation sites (tertiary alicyclic amines) is 1. The number of carboxylic acid groups (broad SMARTS) is 1. The maximum absolute atomic E-state index is 11.9. The molecule has 4 heterocycles. The van der Waals surface area contributed by atoms with Crippen molar-refractivity contribution in [1.82, 2.24) is 24.5 Å².